The predicted molar refractivity (Wildman–Crippen MR) is 72.4 cm³/mol. The van der Waals surface area contributed by atoms with Crippen LogP contribution in [0.2, 0.25) is 0 Å². The van der Waals surface area contributed by atoms with Crippen molar-refractivity contribution in [1.82, 2.24) is 10.3 Å². The molecular weight excluding hydrogens is 242 g/mol. The molecule has 0 bridgehead atoms. The zero-order valence-electron chi connectivity index (χ0n) is 11.0. The van der Waals surface area contributed by atoms with Crippen molar-refractivity contribution in [3.05, 3.63) is 29.6 Å². The van der Waals surface area contributed by atoms with Crippen LogP contribution in [0.15, 0.2) is 18.3 Å². The smallest absolute Gasteiger partial charge is 0.251 e. The van der Waals surface area contributed by atoms with Gasteiger partial charge in [0.1, 0.15) is 0 Å². The van der Waals surface area contributed by atoms with E-state index in [2.05, 4.69) is 10.3 Å². The number of amides is 1. The highest BCUT2D eigenvalue weighted by Crippen LogP contribution is 2.23. The summed E-state index contributed by atoms with van der Waals surface area (Å²) in [5.41, 5.74) is 6.82. The lowest BCUT2D eigenvalue weighted by Crippen LogP contribution is -2.32. The summed E-state index contributed by atoms with van der Waals surface area (Å²) < 4.78 is 0. The van der Waals surface area contributed by atoms with Gasteiger partial charge < -0.3 is 16.2 Å². The van der Waals surface area contributed by atoms with Crippen LogP contribution in [0.1, 0.15) is 41.7 Å². The number of nitrogens with zero attached hydrogens (tertiary/aromatic N) is 1. The Bertz CT molecular complexity index is 428. The Kier molecular flexibility index (Phi) is 4.87. The molecular formula is C14H21N3O2. The molecule has 104 valence electrons. The minimum Gasteiger partial charge on any atom is -0.393 e. The first kappa shape index (κ1) is 14.0. The number of rotatable bonds is 4. The van der Waals surface area contributed by atoms with Crippen LogP contribution >= 0.6 is 0 Å². The van der Waals surface area contributed by atoms with Gasteiger partial charge in [0, 0.05) is 24.8 Å². The lowest BCUT2D eigenvalue weighted by molar-refractivity contribution is 0.0910. The van der Waals surface area contributed by atoms with E-state index in [4.69, 9.17) is 5.73 Å². The van der Waals surface area contributed by atoms with Crippen LogP contribution in [0.5, 0.6) is 0 Å². The van der Waals surface area contributed by atoms with Gasteiger partial charge in [0.05, 0.1) is 11.8 Å². The number of aliphatic hydroxyl groups is 1. The number of hydrogen-bond acceptors (Lipinski definition) is 4. The second kappa shape index (κ2) is 6.63. The number of aromatic nitrogens is 1. The molecule has 0 saturated heterocycles. The zero-order valence-corrected chi connectivity index (χ0v) is 11.0. The topological polar surface area (TPSA) is 88.2 Å². The van der Waals surface area contributed by atoms with Crippen LogP contribution in [-0.4, -0.2) is 28.6 Å². The maximum atomic E-state index is 12.0. The van der Waals surface area contributed by atoms with E-state index in [1.165, 1.54) is 0 Å². The molecule has 4 N–H and O–H groups in total. The summed E-state index contributed by atoms with van der Waals surface area (Å²) in [7, 11) is 0. The standard InChI is InChI=1S/C14H21N3O2/c15-8-12-7-11(5-6-16-12)14(19)17-9-10-1-3-13(18)4-2-10/h5-7,10,13,18H,1-4,8-9,15H2,(H,17,19). The van der Waals surface area contributed by atoms with Crippen LogP contribution in [0, 0.1) is 5.92 Å². The van der Waals surface area contributed by atoms with Gasteiger partial charge in [0.15, 0.2) is 0 Å². The van der Waals surface area contributed by atoms with Crippen molar-refractivity contribution >= 4 is 5.91 Å². The van der Waals surface area contributed by atoms with Gasteiger partial charge in [0.2, 0.25) is 0 Å². The fourth-order valence-electron chi connectivity index (χ4n) is 2.42. The van der Waals surface area contributed by atoms with Crippen LogP contribution in [0.3, 0.4) is 0 Å². The molecule has 1 aliphatic rings. The molecule has 0 radical (unpaired) electrons. The molecule has 1 aromatic heterocycles. The molecule has 0 aliphatic heterocycles. The Balaban J connectivity index is 1.83. The largest absolute Gasteiger partial charge is 0.393 e. The van der Waals surface area contributed by atoms with Gasteiger partial charge in [-0.25, -0.2) is 0 Å². The van der Waals surface area contributed by atoms with Crippen molar-refractivity contribution < 1.29 is 9.90 Å². The van der Waals surface area contributed by atoms with E-state index < -0.39 is 0 Å². The van der Waals surface area contributed by atoms with Gasteiger partial charge >= 0.3 is 0 Å². The summed E-state index contributed by atoms with van der Waals surface area (Å²) in [6.07, 6.45) is 5.09. The van der Waals surface area contributed by atoms with Gasteiger partial charge in [-0.2, -0.15) is 0 Å². The fraction of sp³-hybridized carbons (Fsp3) is 0.571. The molecule has 0 spiro atoms. The van der Waals surface area contributed by atoms with Crippen LogP contribution in [0.25, 0.3) is 0 Å². The maximum Gasteiger partial charge on any atom is 0.251 e. The number of carbonyl (C=O) groups excluding carboxylic acids is 1. The van der Waals surface area contributed by atoms with Crippen molar-refractivity contribution in [2.45, 2.75) is 38.3 Å². The first-order valence-electron chi connectivity index (χ1n) is 6.80. The first-order chi connectivity index (χ1) is 9.19. The SMILES string of the molecule is NCc1cc(C(=O)NCC2CCC(O)CC2)ccn1. The summed E-state index contributed by atoms with van der Waals surface area (Å²) in [4.78, 5) is 16.1. The summed E-state index contributed by atoms with van der Waals surface area (Å²) in [6, 6.07) is 3.42. The van der Waals surface area contributed by atoms with E-state index >= 15 is 0 Å². The molecule has 1 aromatic rings. The Labute approximate surface area is 113 Å². The van der Waals surface area contributed by atoms with Crippen molar-refractivity contribution in [2.75, 3.05) is 6.54 Å². The van der Waals surface area contributed by atoms with Crippen molar-refractivity contribution in [3.63, 3.8) is 0 Å². The minimum absolute atomic E-state index is 0.0804. The molecule has 0 unspecified atom stereocenters. The van der Waals surface area contributed by atoms with E-state index in [1.807, 2.05) is 0 Å². The molecule has 1 aliphatic carbocycles. The molecule has 1 amide bonds. The normalized spacial score (nSPS) is 23.1. The van der Waals surface area contributed by atoms with E-state index in [-0.39, 0.29) is 12.0 Å². The maximum absolute atomic E-state index is 12.0. The molecule has 0 aromatic carbocycles. The third-order valence-corrected chi connectivity index (χ3v) is 3.66. The van der Waals surface area contributed by atoms with E-state index in [0.717, 1.165) is 25.7 Å². The third-order valence-electron chi connectivity index (χ3n) is 3.66. The number of carbonyl (C=O) groups is 1. The van der Waals surface area contributed by atoms with Gasteiger partial charge in [-0.15, -0.1) is 0 Å². The number of aliphatic hydroxyl groups excluding tert-OH is 1. The summed E-state index contributed by atoms with van der Waals surface area (Å²) in [5.74, 6) is 0.395. The Morgan fingerprint density at radius 3 is 2.84 bits per heavy atom. The highest BCUT2D eigenvalue weighted by Gasteiger charge is 2.19. The first-order valence-corrected chi connectivity index (χ1v) is 6.80. The lowest BCUT2D eigenvalue weighted by atomic mass is 9.87. The van der Waals surface area contributed by atoms with Gasteiger partial charge in [-0.05, 0) is 43.7 Å². The Morgan fingerprint density at radius 2 is 2.16 bits per heavy atom. The number of nitrogens with two attached hydrogens (primary N) is 1. The highest BCUT2D eigenvalue weighted by atomic mass is 16.3. The van der Waals surface area contributed by atoms with Crippen molar-refractivity contribution in [3.8, 4) is 0 Å². The van der Waals surface area contributed by atoms with E-state index in [0.29, 0.717) is 30.3 Å². The molecule has 1 heterocycles. The fourth-order valence-corrected chi connectivity index (χ4v) is 2.42. The Morgan fingerprint density at radius 1 is 1.42 bits per heavy atom. The molecule has 0 atom stereocenters. The van der Waals surface area contributed by atoms with Crippen LogP contribution < -0.4 is 11.1 Å². The minimum atomic E-state index is -0.153. The summed E-state index contributed by atoms with van der Waals surface area (Å²) in [5, 5.41) is 12.4. The summed E-state index contributed by atoms with van der Waals surface area (Å²) in [6.45, 7) is 1.01. The molecule has 19 heavy (non-hydrogen) atoms. The van der Waals surface area contributed by atoms with Gasteiger partial charge in [0.25, 0.3) is 5.91 Å². The average molecular weight is 263 g/mol. The Hall–Kier alpha value is -1.46. The average Bonchev–Trinajstić information content (AvgIpc) is 2.46. The van der Waals surface area contributed by atoms with Crippen LogP contribution in [0.4, 0.5) is 0 Å². The summed E-state index contributed by atoms with van der Waals surface area (Å²) >= 11 is 0. The van der Waals surface area contributed by atoms with Gasteiger partial charge in [-0.1, -0.05) is 0 Å². The quantitative estimate of drug-likeness (QED) is 0.750. The second-order valence-electron chi connectivity index (χ2n) is 5.12. The number of nitrogens with one attached hydrogen (secondary N) is 1. The lowest BCUT2D eigenvalue weighted by Gasteiger charge is -2.25. The monoisotopic (exact) mass is 263 g/mol. The van der Waals surface area contributed by atoms with Crippen LogP contribution in [-0.2, 0) is 6.54 Å². The molecule has 1 fully saturated rings. The van der Waals surface area contributed by atoms with E-state index in [9.17, 15) is 9.90 Å². The van der Waals surface area contributed by atoms with E-state index in [1.54, 1.807) is 18.3 Å². The molecule has 2 rings (SSSR count). The second-order valence-corrected chi connectivity index (χ2v) is 5.12. The zero-order chi connectivity index (χ0) is 13.7. The molecule has 1 saturated carbocycles. The van der Waals surface area contributed by atoms with Crippen molar-refractivity contribution in [2.24, 2.45) is 11.7 Å². The van der Waals surface area contributed by atoms with Gasteiger partial charge in [-0.3, -0.25) is 9.78 Å². The number of hydrogen-bond donors (Lipinski definition) is 3. The predicted octanol–water partition coefficient (Wildman–Crippen LogP) is 0.821. The molecule has 5 nitrogen and oxygen atoms in total. The molecule has 5 heteroatoms. The third kappa shape index (κ3) is 4.01. The number of pyridine rings is 1. The van der Waals surface area contributed by atoms with Crippen molar-refractivity contribution in [1.29, 1.82) is 0 Å². The highest BCUT2D eigenvalue weighted by molar-refractivity contribution is 5.94.